The van der Waals surface area contributed by atoms with E-state index in [9.17, 15) is 4.79 Å². The number of nitrogens with two attached hydrogens (primary N) is 1. The van der Waals surface area contributed by atoms with Gasteiger partial charge >= 0.3 is 6.03 Å². The van der Waals surface area contributed by atoms with Gasteiger partial charge in [0.05, 0.1) is 12.8 Å². The first-order chi connectivity index (χ1) is 12.1. The van der Waals surface area contributed by atoms with Crippen molar-refractivity contribution in [2.75, 3.05) is 0 Å². The molecule has 0 fully saturated rings. The average molecular weight is 354 g/mol. The molecular weight excluding hydrogens is 338 g/mol. The van der Waals surface area contributed by atoms with Crippen LogP contribution in [0.15, 0.2) is 65.9 Å². The van der Waals surface area contributed by atoms with E-state index >= 15 is 0 Å². The molecule has 0 atom stereocenters. The van der Waals surface area contributed by atoms with Gasteiger partial charge in [-0.3, -0.25) is 4.68 Å². The van der Waals surface area contributed by atoms with Crippen molar-refractivity contribution in [2.45, 2.75) is 6.54 Å². The number of hydrazone groups is 1. The summed E-state index contributed by atoms with van der Waals surface area (Å²) < 4.78 is 1.82. The molecule has 25 heavy (non-hydrogen) atoms. The van der Waals surface area contributed by atoms with Crippen LogP contribution in [0.2, 0.25) is 5.02 Å². The highest BCUT2D eigenvalue weighted by Gasteiger charge is 2.10. The lowest BCUT2D eigenvalue weighted by Gasteiger charge is -2.01. The third-order valence-corrected chi connectivity index (χ3v) is 3.73. The van der Waals surface area contributed by atoms with Crippen LogP contribution in [0.25, 0.3) is 11.3 Å². The second kappa shape index (κ2) is 7.63. The Morgan fingerprint density at radius 3 is 2.60 bits per heavy atom. The van der Waals surface area contributed by atoms with E-state index < -0.39 is 6.03 Å². The number of halogens is 1. The minimum atomic E-state index is -0.721. The smallest absolute Gasteiger partial charge is 0.332 e. The highest BCUT2D eigenvalue weighted by molar-refractivity contribution is 6.30. The fourth-order valence-electron chi connectivity index (χ4n) is 2.38. The molecule has 0 saturated carbocycles. The number of hydrogen-bond donors (Lipinski definition) is 2. The molecule has 0 radical (unpaired) electrons. The molecule has 0 aliphatic heterocycles. The predicted octanol–water partition coefficient (Wildman–Crippen LogP) is 3.25. The summed E-state index contributed by atoms with van der Waals surface area (Å²) in [7, 11) is 0. The van der Waals surface area contributed by atoms with Crippen molar-refractivity contribution in [1.82, 2.24) is 15.2 Å². The minimum Gasteiger partial charge on any atom is -0.350 e. The van der Waals surface area contributed by atoms with E-state index in [1.165, 1.54) is 6.21 Å². The number of benzene rings is 2. The van der Waals surface area contributed by atoms with Gasteiger partial charge in [-0.15, -0.1) is 0 Å². The predicted molar refractivity (Wildman–Crippen MR) is 98.5 cm³/mol. The van der Waals surface area contributed by atoms with Gasteiger partial charge in [0.2, 0.25) is 0 Å². The highest BCUT2D eigenvalue weighted by Crippen LogP contribution is 2.23. The Hall–Kier alpha value is -3.12. The van der Waals surface area contributed by atoms with E-state index in [-0.39, 0.29) is 0 Å². The lowest BCUT2D eigenvalue weighted by Crippen LogP contribution is -2.24. The highest BCUT2D eigenvalue weighted by atomic mass is 35.5. The van der Waals surface area contributed by atoms with Gasteiger partial charge in [0.1, 0.15) is 5.69 Å². The van der Waals surface area contributed by atoms with Crippen LogP contribution >= 0.6 is 11.6 Å². The van der Waals surface area contributed by atoms with Gasteiger partial charge in [-0.2, -0.15) is 10.2 Å². The second-order valence-electron chi connectivity index (χ2n) is 5.36. The minimum absolute atomic E-state index is 0.624. The van der Waals surface area contributed by atoms with E-state index in [1.54, 1.807) is 12.1 Å². The first-order valence-corrected chi connectivity index (χ1v) is 7.95. The summed E-state index contributed by atoms with van der Waals surface area (Å²) in [6.07, 6.45) is 3.38. The molecule has 1 aromatic heterocycles. The summed E-state index contributed by atoms with van der Waals surface area (Å²) in [6.45, 7) is 0.624. The van der Waals surface area contributed by atoms with Gasteiger partial charge < -0.3 is 5.73 Å². The summed E-state index contributed by atoms with van der Waals surface area (Å²) in [6, 6.07) is 16.7. The number of aromatic nitrogens is 2. The quantitative estimate of drug-likeness (QED) is 0.545. The van der Waals surface area contributed by atoms with Crippen LogP contribution < -0.4 is 11.2 Å². The van der Waals surface area contributed by atoms with E-state index in [1.807, 2.05) is 53.3 Å². The van der Waals surface area contributed by atoms with Gasteiger partial charge in [0.25, 0.3) is 0 Å². The number of amides is 2. The normalized spacial score (nSPS) is 10.9. The molecule has 7 heteroatoms. The maximum Gasteiger partial charge on any atom is 0.332 e. The molecule has 1 heterocycles. The number of carbonyl (C=O) groups excluding carboxylic acids is 1. The van der Waals surface area contributed by atoms with Crippen LogP contribution in [0.3, 0.4) is 0 Å². The van der Waals surface area contributed by atoms with Crippen molar-refractivity contribution >= 4 is 23.8 Å². The molecule has 0 aliphatic rings. The maximum absolute atomic E-state index is 10.8. The number of nitrogens with one attached hydrogen (secondary N) is 1. The summed E-state index contributed by atoms with van der Waals surface area (Å²) in [5.74, 6) is 0. The molecule has 6 nitrogen and oxygen atoms in total. The zero-order chi connectivity index (χ0) is 17.6. The van der Waals surface area contributed by atoms with Gasteiger partial charge in [-0.05, 0) is 17.7 Å². The lowest BCUT2D eigenvalue weighted by atomic mass is 10.1. The number of primary amides is 1. The van der Waals surface area contributed by atoms with Crippen molar-refractivity contribution in [3.05, 3.63) is 76.9 Å². The SMILES string of the molecule is NC(=O)N/N=C\c1cn(Cc2ccccc2)nc1-c1ccc(Cl)cc1. The van der Waals surface area contributed by atoms with Crippen LogP contribution in [-0.4, -0.2) is 22.0 Å². The topological polar surface area (TPSA) is 85.3 Å². The Morgan fingerprint density at radius 1 is 1.20 bits per heavy atom. The molecule has 3 rings (SSSR count). The van der Waals surface area contributed by atoms with E-state index in [4.69, 9.17) is 17.3 Å². The van der Waals surface area contributed by atoms with Gasteiger partial charge in [0.15, 0.2) is 0 Å². The molecule has 2 amide bonds. The number of urea groups is 1. The lowest BCUT2D eigenvalue weighted by molar-refractivity contribution is 0.249. The van der Waals surface area contributed by atoms with Crippen LogP contribution in [-0.2, 0) is 6.54 Å². The van der Waals surface area contributed by atoms with Crippen LogP contribution in [0, 0.1) is 0 Å². The Kier molecular flexibility index (Phi) is 5.11. The molecular formula is C18H16ClN5O. The maximum atomic E-state index is 10.8. The largest absolute Gasteiger partial charge is 0.350 e. The number of nitrogens with zero attached hydrogens (tertiary/aromatic N) is 3. The fourth-order valence-corrected chi connectivity index (χ4v) is 2.51. The summed E-state index contributed by atoms with van der Waals surface area (Å²) in [5.41, 5.74) is 10.7. The number of hydrogen-bond acceptors (Lipinski definition) is 3. The summed E-state index contributed by atoms with van der Waals surface area (Å²) >= 11 is 5.96. The molecule has 3 aromatic rings. The summed E-state index contributed by atoms with van der Waals surface area (Å²) in [5, 5.41) is 9.13. The van der Waals surface area contributed by atoms with Gasteiger partial charge in [-0.1, -0.05) is 54.1 Å². The fraction of sp³-hybridized carbons (Fsp3) is 0.0556. The van der Waals surface area contributed by atoms with Crippen molar-refractivity contribution in [3.63, 3.8) is 0 Å². The number of carbonyl (C=O) groups is 1. The van der Waals surface area contributed by atoms with Crippen LogP contribution in [0.5, 0.6) is 0 Å². The van der Waals surface area contributed by atoms with Crippen molar-refractivity contribution in [2.24, 2.45) is 10.8 Å². The summed E-state index contributed by atoms with van der Waals surface area (Å²) in [4.78, 5) is 10.8. The first kappa shape index (κ1) is 16.7. The van der Waals surface area contributed by atoms with Crippen molar-refractivity contribution in [3.8, 4) is 11.3 Å². The van der Waals surface area contributed by atoms with Crippen LogP contribution in [0.1, 0.15) is 11.1 Å². The molecule has 0 spiro atoms. The molecule has 0 saturated heterocycles. The molecule has 0 aliphatic carbocycles. The Morgan fingerprint density at radius 2 is 1.92 bits per heavy atom. The van der Waals surface area contributed by atoms with Crippen molar-refractivity contribution in [1.29, 1.82) is 0 Å². The van der Waals surface area contributed by atoms with Gasteiger partial charge in [-0.25, -0.2) is 10.2 Å². The van der Waals surface area contributed by atoms with Gasteiger partial charge in [0, 0.05) is 22.3 Å². The molecule has 0 unspecified atom stereocenters. The Balaban J connectivity index is 1.94. The van der Waals surface area contributed by atoms with E-state index in [0.29, 0.717) is 11.6 Å². The number of rotatable bonds is 5. The molecule has 2 aromatic carbocycles. The molecule has 0 bridgehead atoms. The van der Waals surface area contributed by atoms with E-state index in [0.717, 1.165) is 22.4 Å². The second-order valence-corrected chi connectivity index (χ2v) is 5.79. The first-order valence-electron chi connectivity index (χ1n) is 7.57. The monoisotopic (exact) mass is 353 g/mol. The Bertz CT molecular complexity index is 888. The van der Waals surface area contributed by atoms with Crippen molar-refractivity contribution < 1.29 is 4.79 Å². The zero-order valence-electron chi connectivity index (χ0n) is 13.3. The third-order valence-electron chi connectivity index (χ3n) is 3.47. The standard InChI is InChI=1S/C18H16ClN5O/c19-16-8-6-14(7-9-16)17-15(10-21-22-18(20)25)12-24(23-17)11-13-4-2-1-3-5-13/h1-10,12H,11H2,(H3,20,22,25)/b21-10-. The molecule has 126 valence electrons. The van der Waals surface area contributed by atoms with Crippen LogP contribution in [0.4, 0.5) is 4.79 Å². The Labute approximate surface area is 149 Å². The molecule has 3 N–H and O–H groups in total. The average Bonchev–Trinajstić information content (AvgIpc) is 2.99. The van der Waals surface area contributed by atoms with E-state index in [2.05, 4.69) is 15.6 Å². The third kappa shape index (κ3) is 4.45. The zero-order valence-corrected chi connectivity index (χ0v) is 14.0.